The normalized spacial score (nSPS) is 13.0. The van der Waals surface area contributed by atoms with Gasteiger partial charge in [-0.15, -0.1) is 0 Å². The van der Waals surface area contributed by atoms with E-state index in [0.717, 1.165) is 5.56 Å². The molecular weight excluding hydrogens is 268 g/mol. The number of carbonyl (C=O) groups excluding carboxylic acids is 1. The van der Waals surface area contributed by atoms with Crippen LogP contribution in [0.1, 0.15) is 19.4 Å². The zero-order valence-electron chi connectivity index (χ0n) is 11.3. The lowest BCUT2D eigenvalue weighted by molar-refractivity contribution is -0.150. The molecule has 0 bridgehead atoms. The molecule has 0 aromatic heterocycles. The minimum atomic E-state index is -3.90. The van der Waals surface area contributed by atoms with Crippen molar-refractivity contribution in [1.29, 1.82) is 0 Å². The van der Waals surface area contributed by atoms with Gasteiger partial charge in [0.2, 0.25) is 9.84 Å². The van der Waals surface area contributed by atoms with Crippen LogP contribution >= 0.6 is 0 Å². The Morgan fingerprint density at radius 2 is 1.74 bits per heavy atom. The molecule has 0 saturated heterocycles. The molecule has 0 aliphatic carbocycles. The molecule has 0 fully saturated rings. The molecule has 1 atom stereocenters. The van der Waals surface area contributed by atoms with E-state index in [4.69, 9.17) is 9.47 Å². The van der Waals surface area contributed by atoms with Crippen molar-refractivity contribution < 1.29 is 22.7 Å². The maximum Gasteiger partial charge on any atom is 0.351 e. The van der Waals surface area contributed by atoms with Gasteiger partial charge in [-0.25, -0.2) is 13.2 Å². The quantitative estimate of drug-likeness (QED) is 0.744. The predicted molar refractivity (Wildman–Crippen MR) is 70.4 cm³/mol. The predicted octanol–water partition coefficient (Wildman–Crippen LogP) is 1.69. The summed E-state index contributed by atoms with van der Waals surface area (Å²) in [7, 11) is -3.90. The van der Waals surface area contributed by atoms with Gasteiger partial charge in [0.05, 0.1) is 11.5 Å². The first-order valence-corrected chi connectivity index (χ1v) is 7.57. The second kappa shape index (κ2) is 6.68. The molecule has 0 saturated carbocycles. The molecule has 1 aromatic rings. The molecule has 6 heteroatoms. The molecule has 5 nitrogen and oxygen atoms in total. The van der Waals surface area contributed by atoms with E-state index in [1.807, 2.05) is 6.92 Å². The van der Waals surface area contributed by atoms with E-state index in [-0.39, 0.29) is 18.1 Å². The Kier molecular flexibility index (Phi) is 5.50. The summed E-state index contributed by atoms with van der Waals surface area (Å²) in [5, 5.41) is 0. The Balaban J connectivity index is 3.12. The Labute approximate surface area is 113 Å². The molecule has 1 rings (SSSR count). The van der Waals surface area contributed by atoms with Crippen molar-refractivity contribution in [2.24, 2.45) is 0 Å². The molecule has 0 aliphatic heterocycles. The number of aryl methyl sites for hydroxylation is 1. The Morgan fingerprint density at radius 3 is 2.21 bits per heavy atom. The molecular formula is C13H18O5S. The van der Waals surface area contributed by atoms with Gasteiger partial charge in [-0.3, -0.25) is 0 Å². The highest BCUT2D eigenvalue weighted by Crippen LogP contribution is 2.19. The van der Waals surface area contributed by atoms with Crippen LogP contribution in [-0.4, -0.2) is 33.0 Å². The zero-order valence-corrected chi connectivity index (χ0v) is 12.1. The van der Waals surface area contributed by atoms with E-state index >= 15 is 0 Å². The Hall–Kier alpha value is -1.40. The van der Waals surface area contributed by atoms with Crippen LogP contribution in [0.25, 0.3) is 0 Å². The van der Waals surface area contributed by atoms with Crippen molar-refractivity contribution in [2.75, 3.05) is 13.2 Å². The fourth-order valence-electron chi connectivity index (χ4n) is 1.50. The van der Waals surface area contributed by atoms with Gasteiger partial charge >= 0.3 is 5.97 Å². The van der Waals surface area contributed by atoms with Gasteiger partial charge in [0, 0.05) is 6.61 Å². The van der Waals surface area contributed by atoms with Crippen molar-refractivity contribution in [1.82, 2.24) is 0 Å². The summed E-state index contributed by atoms with van der Waals surface area (Å²) in [6, 6.07) is 6.24. The van der Waals surface area contributed by atoms with Gasteiger partial charge in [0.25, 0.3) is 5.44 Å². The van der Waals surface area contributed by atoms with Crippen molar-refractivity contribution >= 4 is 15.8 Å². The van der Waals surface area contributed by atoms with E-state index in [1.165, 1.54) is 12.1 Å². The molecule has 1 unspecified atom stereocenters. The molecule has 19 heavy (non-hydrogen) atoms. The van der Waals surface area contributed by atoms with Gasteiger partial charge < -0.3 is 9.47 Å². The number of sulfone groups is 1. The highest BCUT2D eigenvalue weighted by Gasteiger charge is 2.35. The van der Waals surface area contributed by atoms with E-state index in [0.29, 0.717) is 0 Å². The van der Waals surface area contributed by atoms with Crippen molar-refractivity contribution in [2.45, 2.75) is 31.1 Å². The highest BCUT2D eigenvalue weighted by atomic mass is 32.2. The molecule has 1 aromatic carbocycles. The van der Waals surface area contributed by atoms with E-state index in [9.17, 15) is 13.2 Å². The summed E-state index contributed by atoms with van der Waals surface area (Å²) in [5.41, 5.74) is -0.678. The Bertz CT molecular complexity index is 518. The lowest BCUT2D eigenvalue weighted by Crippen LogP contribution is -2.34. The van der Waals surface area contributed by atoms with E-state index < -0.39 is 21.2 Å². The van der Waals surface area contributed by atoms with Crippen LogP contribution in [0.4, 0.5) is 0 Å². The summed E-state index contributed by atoms with van der Waals surface area (Å²) in [6.07, 6.45) is 0. The van der Waals surface area contributed by atoms with Crippen LogP contribution < -0.4 is 0 Å². The Morgan fingerprint density at radius 1 is 1.16 bits per heavy atom. The summed E-state index contributed by atoms with van der Waals surface area (Å²) in [5.74, 6) is -0.884. The third-order valence-electron chi connectivity index (χ3n) is 2.43. The summed E-state index contributed by atoms with van der Waals surface area (Å²) in [4.78, 5) is 11.7. The number of esters is 1. The number of ether oxygens (including phenoxy) is 2. The average molecular weight is 286 g/mol. The SMILES string of the molecule is CCOC(=O)C(OCC)S(=O)(=O)c1ccc(C)cc1. The first-order valence-electron chi connectivity index (χ1n) is 6.02. The zero-order chi connectivity index (χ0) is 14.5. The molecule has 0 heterocycles. The van der Waals surface area contributed by atoms with Crippen molar-refractivity contribution in [3.8, 4) is 0 Å². The van der Waals surface area contributed by atoms with Gasteiger partial charge in [-0.1, -0.05) is 17.7 Å². The molecule has 0 amide bonds. The second-order valence-corrected chi connectivity index (χ2v) is 5.89. The van der Waals surface area contributed by atoms with Crippen LogP contribution in [0.3, 0.4) is 0 Å². The third-order valence-corrected chi connectivity index (χ3v) is 4.25. The maximum atomic E-state index is 12.3. The van der Waals surface area contributed by atoms with Crippen LogP contribution in [0.2, 0.25) is 0 Å². The highest BCUT2D eigenvalue weighted by molar-refractivity contribution is 7.92. The lowest BCUT2D eigenvalue weighted by atomic mass is 10.2. The molecule has 0 radical (unpaired) electrons. The summed E-state index contributed by atoms with van der Waals surface area (Å²) < 4.78 is 34.4. The fourth-order valence-corrected chi connectivity index (χ4v) is 2.90. The molecule has 0 spiro atoms. The minimum Gasteiger partial charge on any atom is -0.463 e. The number of benzene rings is 1. The minimum absolute atomic E-state index is 0.0459. The summed E-state index contributed by atoms with van der Waals surface area (Å²) >= 11 is 0. The van der Waals surface area contributed by atoms with Gasteiger partial charge in [0.1, 0.15) is 0 Å². The molecule has 0 N–H and O–H groups in total. The number of hydrogen-bond donors (Lipinski definition) is 0. The van der Waals surface area contributed by atoms with Gasteiger partial charge in [0.15, 0.2) is 0 Å². The van der Waals surface area contributed by atoms with Gasteiger partial charge in [-0.2, -0.15) is 0 Å². The smallest absolute Gasteiger partial charge is 0.351 e. The van der Waals surface area contributed by atoms with Crippen molar-refractivity contribution in [3.63, 3.8) is 0 Å². The van der Waals surface area contributed by atoms with E-state index in [2.05, 4.69) is 0 Å². The first-order chi connectivity index (χ1) is 8.93. The van der Waals surface area contributed by atoms with Crippen molar-refractivity contribution in [3.05, 3.63) is 29.8 Å². The fraction of sp³-hybridized carbons (Fsp3) is 0.462. The van der Waals surface area contributed by atoms with Crippen LogP contribution in [0, 0.1) is 6.92 Å². The first kappa shape index (κ1) is 15.7. The lowest BCUT2D eigenvalue weighted by Gasteiger charge is -2.16. The number of rotatable bonds is 6. The summed E-state index contributed by atoms with van der Waals surface area (Å²) in [6.45, 7) is 5.29. The van der Waals surface area contributed by atoms with Crippen LogP contribution in [0.15, 0.2) is 29.2 Å². The second-order valence-electron chi connectivity index (χ2n) is 3.90. The largest absolute Gasteiger partial charge is 0.463 e. The van der Waals surface area contributed by atoms with Crippen LogP contribution in [0.5, 0.6) is 0 Å². The third kappa shape index (κ3) is 3.78. The van der Waals surface area contributed by atoms with Crippen LogP contribution in [-0.2, 0) is 24.1 Å². The molecule has 0 aliphatic rings. The van der Waals surface area contributed by atoms with E-state index in [1.54, 1.807) is 26.0 Å². The topological polar surface area (TPSA) is 69.7 Å². The maximum absolute atomic E-state index is 12.3. The number of carbonyl (C=O) groups is 1. The standard InChI is InChI=1S/C13H18O5S/c1-4-17-12(14)13(18-5-2)19(15,16)11-8-6-10(3)7-9-11/h6-9,13H,4-5H2,1-3H3. The van der Waals surface area contributed by atoms with Gasteiger partial charge in [-0.05, 0) is 32.9 Å². The molecule has 106 valence electrons. The monoisotopic (exact) mass is 286 g/mol. The number of hydrogen-bond acceptors (Lipinski definition) is 5. The average Bonchev–Trinajstić information content (AvgIpc) is 2.36.